The number of carbonyl (C=O) groups is 1. The summed E-state index contributed by atoms with van der Waals surface area (Å²) in [5, 5.41) is 0. The highest BCUT2D eigenvalue weighted by molar-refractivity contribution is 5.69. The number of fused-ring (bicyclic) bond motifs is 1. The van der Waals surface area contributed by atoms with Crippen LogP contribution in [0.3, 0.4) is 0 Å². The molecule has 4 nitrogen and oxygen atoms in total. The molecule has 2 saturated heterocycles. The lowest BCUT2D eigenvalue weighted by Crippen LogP contribution is -2.20. The zero-order valence-corrected chi connectivity index (χ0v) is 17.3. The number of carbonyl (C=O) groups excluding carboxylic acids is 1. The van der Waals surface area contributed by atoms with E-state index in [0.717, 1.165) is 25.7 Å². The third-order valence-electron chi connectivity index (χ3n) is 6.41. The van der Waals surface area contributed by atoms with Crippen LogP contribution in [-0.2, 0) is 19.0 Å². The number of esters is 1. The van der Waals surface area contributed by atoms with E-state index in [9.17, 15) is 4.79 Å². The van der Waals surface area contributed by atoms with Crippen LogP contribution in [0.1, 0.15) is 110 Å². The highest BCUT2D eigenvalue weighted by Crippen LogP contribution is 2.40. The van der Waals surface area contributed by atoms with Crippen molar-refractivity contribution >= 4 is 5.97 Å². The second kappa shape index (κ2) is 11.4. The fourth-order valence-electron chi connectivity index (χ4n) is 4.52. The normalized spacial score (nSPS) is 30.9. The summed E-state index contributed by atoms with van der Waals surface area (Å²) in [6, 6.07) is 0. The second-order valence-electron chi connectivity index (χ2n) is 8.82. The smallest absolute Gasteiger partial charge is 0.306 e. The summed E-state index contributed by atoms with van der Waals surface area (Å²) >= 11 is 0. The molecule has 1 aliphatic carbocycles. The van der Waals surface area contributed by atoms with Crippen molar-refractivity contribution in [3.05, 3.63) is 0 Å². The average molecular weight is 381 g/mol. The van der Waals surface area contributed by atoms with E-state index in [1.165, 1.54) is 70.6 Å². The Kier molecular flexibility index (Phi) is 8.92. The molecule has 0 aromatic carbocycles. The number of unbranched alkanes of at least 4 members (excludes halogenated alkanes) is 9. The molecule has 5 unspecified atom stereocenters. The van der Waals surface area contributed by atoms with E-state index < -0.39 is 0 Å². The fraction of sp³-hybridized carbons (Fsp3) is 0.957. The van der Waals surface area contributed by atoms with E-state index in [1.54, 1.807) is 0 Å². The fourth-order valence-corrected chi connectivity index (χ4v) is 4.52. The minimum absolute atomic E-state index is 0.0277. The highest BCUT2D eigenvalue weighted by atomic mass is 16.6. The van der Waals surface area contributed by atoms with Crippen LogP contribution in [0, 0.1) is 0 Å². The molecule has 5 atom stereocenters. The maximum Gasteiger partial charge on any atom is 0.306 e. The molecular weight excluding hydrogens is 340 g/mol. The van der Waals surface area contributed by atoms with Gasteiger partial charge in [0, 0.05) is 6.42 Å². The molecule has 156 valence electrons. The van der Waals surface area contributed by atoms with E-state index in [2.05, 4.69) is 6.92 Å². The number of hydrogen-bond acceptors (Lipinski definition) is 4. The Morgan fingerprint density at radius 1 is 0.815 bits per heavy atom. The third-order valence-corrected chi connectivity index (χ3v) is 6.41. The summed E-state index contributed by atoms with van der Waals surface area (Å²) in [6.07, 6.45) is 21.0. The van der Waals surface area contributed by atoms with E-state index in [4.69, 9.17) is 14.2 Å². The molecule has 0 amide bonds. The topological polar surface area (TPSA) is 51.4 Å². The Balaban J connectivity index is 1.05. The van der Waals surface area contributed by atoms with Crippen LogP contribution in [0.5, 0.6) is 0 Å². The van der Waals surface area contributed by atoms with Crippen LogP contribution < -0.4 is 0 Å². The van der Waals surface area contributed by atoms with Crippen LogP contribution in [0.15, 0.2) is 0 Å². The maximum atomic E-state index is 11.9. The standard InChI is InChI=1S/C23H40O4/c1-2-3-4-5-7-10-13-18-19(25-18)14-11-8-6-9-12-15-22(24)26-20-16-17-21-23(20)27-21/h18-21,23H,2-17H2,1H3. The number of epoxide rings is 2. The lowest BCUT2D eigenvalue weighted by molar-refractivity contribution is -0.150. The van der Waals surface area contributed by atoms with Crippen molar-refractivity contribution in [1.29, 1.82) is 0 Å². The van der Waals surface area contributed by atoms with Gasteiger partial charge in [-0.15, -0.1) is 0 Å². The van der Waals surface area contributed by atoms with Crippen LogP contribution in [0.2, 0.25) is 0 Å². The molecular formula is C23H40O4. The van der Waals surface area contributed by atoms with Crippen molar-refractivity contribution in [3.63, 3.8) is 0 Å². The van der Waals surface area contributed by atoms with Gasteiger partial charge in [-0.25, -0.2) is 0 Å². The van der Waals surface area contributed by atoms with Gasteiger partial charge in [0.15, 0.2) is 0 Å². The molecule has 0 N–H and O–H groups in total. The Bertz CT molecular complexity index is 438. The lowest BCUT2D eigenvalue weighted by atomic mass is 10.0. The number of hydrogen-bond donors (Lipinski definition) is 0. The summed E-state index contributed by atoms with van der Waals surface area (Å²) in [6.45, 7) is 2.27. The van der Waals surface area contributed by atoms with Gasteiger partial charge in [0.25, 0.3) is 0 Å². The van der Waals surface area contributed by atoms with Crippen LogP contribution >= 0.6 is 0 Å². The molecule has 27 heavy (non-hydrogen) atoms. The predicted octanol–water partition coefficient (Wildman–Crippen LogP) is 5.71. The first kappa shape index (κ1) is 21.1. The molecule has 2 heterocycles. The lowest BCUT2D eigenvalue weighted by Gasteiger charge is -2.12. The molecule has 0 aromatic heterocycles. The van der Waals surface area contributed by atoms with Crippen molar-refractivity contribution in [2.75, 3.05) is 0 Å². The van der Waals surface area contributed by atoms with E-state index in [-0.39, 0.29) is 18.2 Å². The van der Waals surface area contributed by atoms with Gasteiger partial charge < -0.3 is 14.2 Å². The first-order valence-corrected chi connectivity index (χ1v) is 11.8. The molecule has 3 fully saturated rings. The van der Waals surface area contributed by atoms with Gasteiger partial charge in [-0.05, 0) is 32.1 Å². The van der Waals surface area contributed by atoms with Crippen molar-refractivity contribution in [3.8, 4) is 0 Å². The zero-order chi connectivity index (χ0) is 18.9. The van der Waals surface area contributed by atoms with E-state index in [0.29, 0.717) is 24.7 Å². The Morgan fingerprint density at radius 2 is 1.44 bits per heavy atom. The van der Waals surface area contributed by atoms with Gasteiger partial charge in [0.05, 0.1) is 18.3 Å². The summed E-state index contributed by atoms with van der Waals surface area (Å²) in [5.74, 6) is -0.0277. The first-order chi connectivity index (χ1) is 13.3. The van der Waals surface area contributed by atoms with Crippen molar-refractivity contribution in [1.82, 2.24) is 0 Å². The zero-order valence-electron chi connectivity index (χ0n) is 17.3. The summed E-state index contributed by atoms with van der Waals surface area (Å²) in [7, 11) is 0. The molecule has 3 aliphatic rings. The Labute approximate surface area is 165 Å². The average Bonchev–Trinajstić information content (AvgIpc) is 3.57. The van der Waals surface area contributed by atoms with Gasteiger partial charge in [-0.2, -0.15) is 0 Å². The number of ether oxygens (including phenoxy) is 3. The Hall–Kier alpha value is -0.610. The molecule has 2 aliphatic heterocycles. The minimum atomic E-state index is -0.0277. The molecule has 0 spiro atoms. The molecule has 1 saturated carbocycles. The number of rotatable bonds is 16. The van der Waals surface area contributed by atoms with Gasteiger partial charge in [0.2, 0.25) is 0 Å². The molecule has 0 radical (unpaired) electrons. The maximum absolute atomic E-state index is 11.9. The van der Waals surface area contributed by atoms with Gasteiger partial charge in [-0.1, -0.05) is 71.1 Å². The quantitative estimate of drug-likeness (QED) is 0.195. The summed E-state index contributed by atoms with van der Waals surface area (Å²) in [4.78, 5) is 11.9. The minimum Gasteiger partial charge on any atom is -0.459 e. The monoisotopic (exact) mass is 380 g/mol. The van der Waals surface area contributed by atoms with Gasteiger partial charge in [-0.3, -0.25) is 4.79 Å². The predicted molar refractivity (Wildman–Crippen MR) is 107 cm³/mol. The highest BCUT2D eigenvalue weighted by Gasteiger charge is 2.52. The molecule has 0 bridgehead atoms. The van der Waals surface area contributed by atoms with E-state index >= 15 is 0 Å². The van der Waals surface area contributed by atoms with Crippen molar-refractivity contribution < 1.29 is 19.0 Å². The van der Waals surface area contributed by atoms with Gasteiger partial charge in [0.1, 0.15) is 12.2 Å². The first-order valence-electron chi connectivity index (χ1n) is 11.8. The third kappa shape index (κ3) is 7.73. The molecule has 3 rings (SSSR count). The summed E-state index contributed by atoms with van der Waals surface area (Å²) < 4.78 is 16.8. The Morgan fingerprint density at radius 3 is 2.04 bits per heavy atom. The second-order valence-corrected chi connectivity index (χ2v) is 8.82. The molecule has 0 aromatic rings. The van der Waals surface area contributed by atoms with Crippen molar-refractivity contribution in [2.45, 2.75) is 140 Å². The molecule has 4 heteroatoms. The van der Waals surface area contributed by atoms with Crippen LogP contribution in [-0.4, -0.2) is 36.5 Å². The van der Waals surface area contributed by atoms with E-state index in [1.807, 2.05) is 0 Å². The van der Waals surface area contributed by atoms with Crippen LogP contribution in [0.4, 0.5) is 0 Å². The van der Waals surface area contributed by atoms with Crippen molar-refractivity contribution in [2.24, 2.45) is 0 Å². The summed E-state index contributed by atoms with van der Waals surface area (Å²) in [5.41, 5.74) is 0. The van der Waals surface area contributed by atoms with Crippen LogP contribution in [0.25, 0.3) is 0 Å². The van der Waals surface area contributed by atoms with Gasteiger partial charge >= 0.3 is 5.97 Å². The largest absolute Gasteiger partial charge is 0.459 e. The SMILES string of the molecule is CCCCCCCCC1OC1CCCCCCCC(=O)OC1CCC2OC12.